The lowest BCUT2D eigenvalue weighted by molar-refractivity contribution is -0.113. The summed E-state index contributed by atoms with van der Waals surface area (Å²) in [7, 11) is 0. The van der Waals surface area contributed by atoms with Crippen molar-refractivity contribution in [1.29, 1.82) is 0 Å². The lowest BCUT2D eigenvalue weighted by Crippen LogP contribution is -2.15. The largest absolute Gasteiger partial charge is 0.435 e. The summed E-state index contributed by atoms with van der Waals surface area (Å²) in [5.74, 6) is 0.549. The highest BCUT2D eigenvalue weighted by Crippen LogP contribution is 2.25. The van der Waals surface area contributed by atoms with E-state index in [0.717, 1.165) is 17.0 Å². The quantitative estimate of drug-likeness (QED) is 0.541. The molecule has 0 saturated carbocycles. The first-order valence-corrected chi connectivity index (χ1v) is 9.92. The van der Waals surface area contributed by atoms with Crippen LogP contribution in [0.1, 0.15) is 12.5 Å². The lowest BCUT2D eigenvalue weighted by Gasteiger charge is -2.09. The zero-order valence-electron chi connectivity index (χ0n) is 15.9. The number of anilines is 1. The Kier molecular flexibility index (Phi) is 6.82. The van der Waals surface area contributed by atoms with Crippen molar-refractivity contribution in [3.8, 4) is 17.1 Å². The van der Waals surface area contributed by atoms with Gasteiger partial charge < -0.3 is 14.6 Å². The van der Waals surface area contributed by atoms with Gasteiger partial charge in [-0.3, -0.25) is 4.79 Å². The molecule has 9 heteroatoms. The van der Waals surface area contributed by atoms with Crippen LogP contribution in [0.4, 0.5) is 14.5 Å². The minimum Gasteiger partial charge on any atom is -0.435 e. The van der Waals surface area contributed by atoms with Gasteiger partial charge in [0.15, 0.2) is 11.0 Å². The van der Waals surface area contributed by atoms with Gasteiger partial charge in [0.25, 0.3) is 0 Å². The summed E-state index contributed by atoms with van der Waals surface area (Å²) in [5, 5.41) is 11.8. The average Bonchev–Trinajstić information content (AvgIpc) is 3.09. The lowest BCUT2D eigenvalue weighted by atomic mass is 10.1. The second-order valence-corrected chi connectivity index (χ2v) is 7.11. The second-order valence-electron chi connectivity index (χ2n) is 6.16. The number of hydrogen-bond acceptors (Lipinski definition) is 5. The summed E-state index contributed by atoms with van der Waals surface area (Å²) >= 11 is 1.26. The second kappa shape index (κ2) is 9.51. The number of aromatic nitrogens is 3. The number of ether oxygens (including phenoxy) is 1. The normalized spacial score (nSPS) is 10.9. The Bertz CT molecular complexity index is 994. The van der Waals surface area contributed by atoms with Crippen LogP contribution in [-0.2, 0) is 11.3 Å². The minimum atomic E-state index is -2.92. The Hall–Kier alpha value is -2.94. The van der Waals surface area contributed by atoms with Crippen molar-refractivity contribution in [2.75, 3.05) is 11.1 Å². The Labute approximate surface area is 171 Å². The molecular formula is C20H20F2N4O2S. The van der Waals surface area contributed by atoms with Crippen LogP contribution >= 0.6 is 11.8 Å². The molecule has 0 unspecified atom stereocenters. The van der Waals surface area contributed by atoms with Gasteiger partial charge >= 0.3 is 6.61 Å². The van der Waals surface area contributed by atoms with E-state index in [1.165, 1.54) is 30.0 Å². The van der Waals surface area contributed by atoms with Crippen LogP contribution in [0.5, 0.6) is 5.75 Å². The number of carbonyl (C=O) groups excluding carboxylic acids is 1. The Morgan fingerprint density at radius 2 is 2.00 bits per heavy atom. The first-order valence-electron chi connectivity index (χ1n) is 8.94. The fourth-order valence-electron chi connectivity index (χ4n) is 2.76. The van der Waals surface area contributed by atoms with Crippen molar-refractivity contribution in [2.24, 2.45) is 0 Å². The molecule has 0 bridgehead atoms. The van der Waals surface area contributed by atoms with Crippen LogP contribution in [0.25, 0.3) is 11.4 Å². The number of halogens is 2. The summed E-state index contributed by atoms with van der Waals surface area (Å²) in [6, 6.07) is 13.9. The standard InChI is InChI=1S/C20H20F2N4O2S/c1-3-26-18(14-7-4-6-13(2)10-14)24-25-20(26)29-12-17(27)23-15-8-5-9-16(11-15)28-19(21)22/h4-11,19H,3,12H2,1-2H3,(H,23,27). The van der Waals surface area contributed by atoms with Crippen LogP contribution in [-0.4, -0.2) is 33.0 Å². The first kappa shape index (κ1) is 20.8. The highest BCUT2D eigenvalue weighted by atomic mass is 32.2. The highest BCUT2D eigenvalue weighted by molar-refractivity contribution is 7.99. The fourth-order valence-corrected chi connectivity index (χ4v) is 3.56. The summed E-state index contributed by atoms with van der Waals surface area (Å²) < 4.78 is 30.9. The summed E-state index contributed by atoms with van der Waals surface area (Å²) in [6.07, 6.45) is 0. The number of hydrogen-bond donors (Lipinski definition) is 1. The molecule has 152 valence electrons. The molecule has 1 aromatic heterocycles. The molecule has 1 amide bonds. The number of thioether (sulfide) groups is 1. The molecule has 29 heavy (non-hydrogen) atoms. The van der Waals surface area contributed by atoms with Crippen molar-refractivity contribution in [1.82, 2.24) is 14.8 Å². The van der Waals surface area contributed by atoms with Gasteiger partial charge in [0.05, 0.1) is 5.75 Å². The van der Waals surface area contributed by atoms with Crippen LogP contribution in [0.2, 0.25) is 0 Å². The van der Waals surface area contributed by atoms with Crippen LogP contribution < -0.4 is 10.1 Å². The molecule has 3 rings (SSSR count). The molecule has 6 nitrogen and oxygen atoms in total. The summed E-state index contributed by atoms with van der Waals surface area (Å²) in [4.78, 5) is 12.3. The molecule has 0 aliphatic carbocycles. The Balaban J connectivity index is 1.65. The number of carbonyl (C=O) groups is 1. The molecular weight excluding hydrogens is 398 g/mol. The van der Waals surface area contributed by atoms with Crippen LogP contribution in [0.15, 0.2) is 53.7 Å². The maximum absolute atomic E-state index is 12.3. The third kappa shape index (κ3) is 5.54. The van der Waals surface area contributed by atoms with Crippen molar-refractivity contribution in [3.05, 3.63) is 54.1 Å². The fraction of sp³-hybridized carbons (Fsp3) is 0.250. The smallest absolute Gasteiger partial charge is 0.387 e. The molecule has 3 aromatic rings. The van der Waals surface area contributed by atoms with E-state index >= 15 is 0 Å². The van der Waals surface area contributed by atoms with E-state index in [4.69, 9.17) is 0 Å². The monoisotopic (exact) mass is 418 g/mol. The van der Waals surface area contributed by atoms with Gasteiger partial charge in [-0.2, -0.15) is 8.78 Å². The molecule has 0 radical (unpaired) electrons. The van der Waals surface area contributed by atoms with Crippen LogP contribution in [0.3, 0.4) is 0 Å². The predicted octanol–water partition coefficient (Wildman–Crippen LogP) is 4.61. The van der Waals surface area contributed by atoms with Gasteiger partial charge in [-0.1, -0.05) is 41.6 Å². The van der Waals surface area contributed by atoms with Crippen LogP contribution in [0, 0.1) is 6.92 Å². The van der Waals surface area contributed by atoms with E-state index in [9.17, 15) is 13.6 Å². The molecule has 0 aliphatic heterocycles. The van der Waals surface area contributed by atoms with Crippen molar-refractivity contribution in [2.45, 2.75) is 32.2 Å². The number of nitrogens with zero attached hydrogens (tertiary/aromatic N) is 3. The maximum Gasteiger partial charge on any atom is 0.387 e. The van der Waals surface area contributed by atoms with Crippen molar-refractivity contribution in [3.63, 3.8) is 0 Å². The minimum absolute atomic E-state index is 0.0148. The van der Waals surface area contributed by atoms with Gasteiger partial charge in [-0.05, 0) is 32.0 Å². The Morgan fingerprint density at radius 1 is 1.21 bits per heavy atom. The summed E-state index contributed by atoms with van der Waals surface area (Å²) in [5.41, 5.74) is 2.47. The highest BCUT2D eigenvalue weighted by Gasteiger charge is 2.15. The molecule has 0 saturated heterocycles. The molecule has 0 fully saturated rings. The van der Waals surface area contributed by atoms with Gasteiger partial charge in [0.2, 0.25) is 5.91 Å². The van der Waals surface area contributed by atoms with E-state index in [1.807, 2.05) is 42.7 Å². The van der Waals surface area contributed by atoms with E-state index in [-0.39, 0.29) is 17.4 Å². The van der Waals surface area contributed by atoms with E-state index in [0.29, 0.717) is 17.4 Å². The predicted molar refractivity (Wildman–Crippen MR) is 108 cm³/mol. The van der Waals surface area contributed by atoms with Gasteiger partial charge in [-0.15, -0.1) is 10.2 Å². The topological polar surface area (TPSA) is 69.0 Å². The van der Waals surface area contributed by atoms with Gasteiger partial charge in [0, 0.05) is 23.9 Å². The van der Waals surface area contributed by atoms with Gasteiger partial charge in [0.1, 0.15) is 5.75 Å². The summed E-state index contributed by atoms with van der Waals surface area (Å²) in [6.45, 7) is 1.74. The van der Waals surface area contributed by atoms with E-state index in [1.54, 1.807) is 6.07 Å². The molecule has 0 atom stereocenters. The number of nitrogens with one attached hydrogen (secondary N) is 1. The van der Waals surface area contributed by atoms with Gasteiger partial charge in [-0.25, -0.2) is 0 Å². The van der Waals surface area contributed by atoms with E-state index in [2.05, 4.69) is 20.3 Å². The van der Waals surface area contributed by atoms with Crippen molar-refractivity contribution < 1.29 is 18.3 Å². The molecule has 1 N–H and O–H groups in total. The first-order chi connectivity index (χ1) is 14.0. The van der Waals surface area contributed by atoms with Crippen molar-refractivity contribution >= 4 is 23.4 Å². The Morgan fingerprint density at radius 3 is 2.72 bits per heavy atom. The number of aryl methyl sites for hydroxylation is 1. The number of benzene rings is 2. The average molecular weight is 418 g/mol. The molecule has 1 heterocycles. The molecule has 0 aliphatic rings. The number of rotatable bonds is 8. The number of amides is 1. The molecule has 0 spiro atoms. The number of alkyl halides is 2. The third-order valence-corrected chi connectivity index (χ3v) is 4.95. The maximum atomic E-state index is 12.3. The third-order valence-electron chi connectivity index (χ3n) is 3.98. The molecule has 2 aromatic carbocycles. The van der Waals surface area contributed by atoms with E-state index < -0.39 is 6.61 Å². The zero-order valence-corrected chi connectivity index (χ0v) is 16.7. The zero-order chi connectivity index (χ0) is 20.8. The SMILES string of the molecule is CCn1c(SCC(=O)Nc2cccc(OC(F)F)c2)nnc1-c1cccc(C)c1.